The van der Waals surface area contributed by atoms with Crippen molar-refractivity contribution in [2.75, 3.05) is 4.90 Å². The van der Waals surface area contributed by atoms with E-state index in [2.05, 4.69) is 138 Å². The van der Waals surface area contributed by atoms with Crippen LogP contribution in [0.25, 0.3) is 73.7 Å². The Labute approximate surface area is 272 Å². The second-order valence-corrected chi connectivity index (χ2v) is 13.7. The Morgan fingerprint density at radius 3 is 2.04 bits per heavy atom. The molecule has 46 heavy (non-hydrogen) atoms. The molecular weight excluding hydrogens is 601 g/mol. The number of thiophene rings is 1. The summed E-state index contributed by atoms with van der Waals surface area (Å²) in [6.07, 6.45) is 0. The highest BCUT2D eigenvalue weighted by Gasteiger charge is 2.21. The summed E-state index contributed by atoms with van der Waals surface area (Å²) < 4.78 is 10.2. The molecule has 5 heteroatoms. The summed E-state index contributed by atoms with van der Waals surface area (Å²) in [5.74, 6) is 0. The van der Waals surface area contributed by atoms with E-state index in [0.29, 0.717) is 0 Å². The average molecular weight is 625 g/mol. The highest BCUT2D eigenvalue weighted by atomic mass is 32.1. The third kappa shape index (κ3) is 3.92. The molecule has 0 unspecified atom stereocenters. The maximum atomic E-state index is 6.40. The first-order valence-electron chi connectivity index (χ1n) is 15.3. The SMILES string of the molecule is c1ccc(-c2nc3cc(N(c4ccc5c(c4)oc4ccccc45)c4ccc5sc6ccccc6c5c4)c4ccccc4c3s2)cc1. The van der Waals surface area contributed by atoms with Crippen LogP contribution in [0.4, 0.5) is 17.1 Å². The van der Waals surface area contributed by atoms with Crippen molar-refractivity contribution in [2.24, 2.45) is 0 Å². The van der Waals surface area contributed by atoms with Crippen molar-refractivity contribution in [1.29, 1.82) is 0 Å². The number of rotatable bonds is 4. The van der Waals surface area contributed by atoms with Gasteiger partial charge in [-0.15, -0.1) is 22.7 Å². The first kappa shape index (κ1) is 25.8. The molecule has 0 N–H and O–H groups in total. The van der Waals surface area contributed by atoms with Crippen molar-refractivity contribution in [1.82, 2.24) is 4.98 Å². The number of anilines is 3. The van der Waals surface area contributed by atoms with Crippen LogP contribution in [-0.4, -0.2) is 4.98 Å². The Balaban J connectivity index is 1.27. The number of para-hydroxylation sites is 1. The van der Waals surface area contributed by atoms with Crippen LogP contribution in [0.5, 0.6) is 0 Å². The molecule has 0 radical (unpaired) electrons. The van der Waals surface area contributed by atoms with Gasteiger partial charge in [-0.05, 0) is 48.5 Å². The zero-order chi connectivity index (χ0) is 30.2. The van der Waals surface area contributed by atoms with Crippen LogP contribution < -0.4 is 4.90 Å². The summed E-state index contributed by atoms with van der Waals surface area (Å²) >= 11 is 3.60. The quantitative estimate of drug-likeness (QED) is 0.195. The van der Waals surface area contributed by atoms with Crippen LogP contribution in [0.3, 0.4) is 0 Å². The predicted octanol–water partition coefficient (Wildman–Crippen LogP) is 12.9. The molecule has 216 valence electrons. The lowest BCUT2D eigenvalue weighted by Crippen LogP contribution is -2.10. The number of hydrogen-bond acceptors (Lipinski definition) is 5. The first-order valence-corrected chi connectivity index (χ1v) is 16.9. The molecule has 0 amide bonds. The standard InChI is InChI=1S/C41H24N2OS2/c1-2-10-25(11-3-1)41-42-34-24-35(28-12-4-5-15-32(28)40(34)46-41)43(26-19-21-39-33(22-26)31-14-7-9-17-38(31)45-39)27-18-20-30-29-13-6-8-16-36(29)44-37(30)23-27/h1-24H. The van der Waals surface area contributed by atoms with Crippen LogP contribution in [0, 0.1) is 0 Å². The Kier molecular flexibility index (Phi) is 5.61. The smallest absolute Gasteiger partial charge is 0.137 e. The lowest BCUT2D eigenvalue weighted by atomic mass is 10.0. The van der Waals surface area contributed by atoms with E-state index in [0.717, 1.165) is 55.1 Å². The Hall–Kier alpha value is -5.49. The van der Waals surface area contributed by atoms with Crippen LogP contribution in [-0.2, 0) is 0 Å². The molecule has 3 aromatic heterocycles. The number of furan rings is 1. The number of aromatic nitrogens is 1. The molecule has 3 nitrogen and oxygen atoms in total. The summed E-state index contributed by atoms with van der Waals surface area (Å²) in [5, 5.41) is 8.20. The van der Waals surface area contributed by atoms with Gasteiger partial charge in [-0.2, -0.15) is 0 Å². The minimum Gasteiger partial charge on any atom is -0.456 e. The first-order chi connectivity index (χ1) is 22.8. The Morgan fingerprint density at radius 1 is 0.478 bits per heavy atom. The van der Waals surface area contributed by atoms with Crippen molar-refractivity contribution in [3.05, 3.63) is 146 Å². The maximum absolute atomic E-state index is 6.40. The van der Waals surface area contributed by atoms with Gasteiger partial charge in [0.15, 0.2) is 0 Å². The van der Waals surface area contributed by atoms with E-state index < -0.39 is 0 Å². The molecule has 0 atom stereocenters. The van der Waals surface area contributed by atoms with Gasteiger partial charge in [0, 0.05) is 64.7 Å². The van der Waals surface area contributed by atoms with Gasteiger partial charge in [0.2, 0.25) is 0 Å². The van der Waals surface area contributed by atoms with Gasteiger partial charge < -0.3 is 9.32 Å². The molecule has 3 heterocycles. The monoisotopic (exact) mass is 624 g/mol. The van der Waals surface area contributed by atoms with Crippen LogP contribution in [0.2, 0.25) is 0 Å². The van der Waals surface area contributed by atoms with E-state index in [-0.39, 0.29) is 0 Å². The molecule has 0 saturated carbocycles. The third-order valence-corrected chi connectivity index (χ3v) is 11.2. The van der Waals surface area contributed by atoms with E-state index in [1.807, 2.05) is 23.5 Å². The van der Waals surface area contributed by atoms with Crippen molar-refractivity contribution >= 4 is 103 Å². The highest BCUT2D eigenvalue weighted by molar-refractivity contribution is 7.25. The van der Waals surface area contributed by atoms with E-state index in [1.54, 1.807) is 11.3 Å². The van der Waals surface area contributed by atoms with Gasteiger partial charge in [0.05, 0.1) is 15.9 Å². The van der Waals surface area contributed by atoms with Crippen molar-refractivity contribution in [3.63, 3.8) is 0 Å². The number of thiazole rings is 1. The molecule has 0 saturated heterocycles. The minimum absolute atomic E-state index is 0.871. The minimum atomic E-state index is 0.871. The molecule has 0 aliphatic carbocycles. The molecule has 0 aliphatic rings. The van der Waals surface area contributed by atoms with Crippen LogP contribution in [0.1, 0.15) is 0 Å². The van der Waals surface area contributed by atoms with Gasteiger partial charge in [0.1, 0.15) is 16.2 Å². The lowest BCUT2D eigenvalue weighted by Gasteiger charge is -2.27. The predicted molar refractivity (Wildman–Crippen MR) is 197 cm³/mol. The summed E-state index contributed by atoms with van der Waals surface area (Å²) in [7, 11) is 0. The fraction of sp³-hybridized carbons (Fsp3) is 0. The van der Waals surface area contributed by atoms with E-state index >= 15 is 0 Å². The number of benzene rings is 7. The number of hydrogen-bond donors (Lipinski definition) is 0. The fourth-order valence-electron chi connectivity index (χ4n) is 6.76. The Morgan fingerprint density at radius 2 is 1.15 bits per heavy atom. The summed E-state index contributed by atoms with van der Waals surface area (Å²) in [6, 6.07) is 51.8. The van der Waals surface area contributed by atoms with Gasteiger partial charge in [-0.25, -0.2) is 4.98 Å². The highest BCUT2D eigenvalue weighted by Crippen LogP contribution is 2.47. The number of fused-ring (bicyclic) bond motifs is 9. The zero-order valence-electron chi connectivity index (χ0n) is 24.5. The molecule has 7 aromatic carbocycles. The second-order valence-electron chi connectivity index (χ2n) is 11.6. The normalized spacial score (nSPS) is 11.9. The van der Waals surface area contributed by atoms with Gasteiger partial charge in [-0.1, -0.05) is 91.0 Å². The van der Waals surface area contributed by atoms with Crippen LogP contribution in [0.15, 0.2) is 150 Å². The Bertz CT molecular complexity index is 2770. The molecule has 0 spiro atoms. The van der Waals surface area contributed by atoms with Gasteiger partial charge in [-0.3, -0.25) is 0 Å². The third-order valence-electron chi connectivity index (χ3n) is 8.88. The largest absolute Gasteiger partial charge is 0.456 e. The van der Waals surface area contributed by atoms with E-state index in [9.17, 15) is 0 Å². The summed E-state index contributed by atoms with van der Waals surface area (Å²) in [6.45, 7) is 0. The molecule has 0 fully saturated rings. The number of nitrogens with zero attached hydrogens (tertiary/aromatic N) is 2. The molecule has 0 bridgehead atoms. The summed E-state index contributed by atoms with van der Waals surface area (Å²) in [4.78, 5) is 7.58. The van der Waals surface area contributed by atoms with E-state index in [1.165, 1.54) is 35.6 Å². The molecule has 10 rings (SSSR count). The molecular formula is C41H24N2OS2. The maximum Gasteiger partial charge on any atom is 0.137 e. The van der Waals surface area contributed by atoms with Crippen LogP contribution >= 0.6 is 22.7 Å². The van der Waals surface area contributed by atoms with Gasteiger partial charge >= 0.3 is 0 Å². The lowest BCUT2D eigenvalue weighted by molar-refractivity contribution is 0.669. The zero-order valence-corrected chi connectivity index (χ0v) is 26.1. The van der Waals surface area contributed by atoms with E-state index in [4.69, 9.17) is 9.40 Å². The molecule has 0 aliphatic heterocycles. The fourth-order valence-corrected chi connectivity index (χ4v) is 8.93. The average Bonchev–Trinajstić information content (AvgIpc) is 3.82. The van der Waals surface area contributed by atoms with Crippen molar-refractivity contribution in [2.45, 2.75) is 0 Å². The van der Waals surface area contributed by atoms with Crippen molar-refractivity contribution < 1.29 is 4.42 Å². The van der Waals surface area contributed by atoms with Gasteiger partial charge in [0.25, 0.3) is 0 Å². The topological polar surface area (TPSA) is 29.3 Å². The summed E-state index contributed by atoms with van der Waals surface area (Å²) in [5.41, 5.74) is 7.11. The van der Waals surface area contributed by atoms with Crippen molar-refractivity contribution in [3.8, 4) is 10.6 Å². The molecule has 10 aromatic rings. The second kappa shape index (κ2) is 10.0.